The standard InChI is InChI=1S/C14H22N2O3S2/c1-14(2,16-5-8-21(18)9-6-16)10-15-13(17)12-11(19-3)4-7-20-12/h4,7H,5-6,8-10H2,1-3H3,(H,15,17). The predicted molar refractivity (Wildman–Crippen MR) is 86.7 cm³/mol. The van der Waals surface area contributed by atoms with Crippen LogP contribution >= 0.6 is 11.3 Å². The minimum Gasteiger partial charge on any atom is -0.495 e. The van der Waals surface area contributed by atoms with E-state index in [-0.39, 0.29) is 11.4 Å². The van der Waals surface area contributed by atoms with Crippen LogP contribution in [0.25, 0.3) is 0 Å². The number of nitrogens with one attached hydrogen (secondary N) is 1. The van der Waals surface area contributed by atoms with Gasteiger partial charge in [-0.25, -0.2) is 0 Å². The Balaban J connectivity index is 1.92. The smallest absolute Gasteiger partial charge is 0.265 e. The molecule has 5 nitrogen and oxygen atoms in total. The van der Waals surface area contributed by atoms with E-state index in [1.165, 1.54) is 11.3 Å². The summed E-state index contributed by atoms with van der Waals surface area (Å²) in [6.45, 7) is 6.40. The van der Waals surface area contributed by atoms with Crippen molar-refractivity contribution in [2.75, 3.05) is 38.2 Å². The molecule has 1 saturated heterocycles. The van der Waals surface area contributed by atoms with Crippen LogP contribution in [0.5, 0.6) is 5.75 Å². The monoisotopic (exact) mass is 330 g/mol. The first-order chi connectivity index (χ1) is 9.94. The molecule has 1 aliphatic heterocycles. The van der Waals surface area contributed by atoms with E-state index in [0.29, 0.717) is 17.2 Å². The summed E-state index contributed by atoms with van der Waals surface area (Å²) < 4.78 is 16.6. The fourth-order valence-electron chi connectivity index (χ4n) is 2.36. The minimum absolute atomic E-state index is 0.101. The van der Waals surface area contributed by atoms with Gasteiger partial charge in [-0.3, -0.25) is 13.9 Å². The lowest BCUT2D eigenvalue weighted by molar-refractivity contribution is 0.0884. The zero-order valence-corrected chi connectivity index (χ0v) is 14.3. The first kappa shape index (κ1) is 16.5. The van der Waals surface area contributed by atoms with Gasteiger partial charge in [0.2, 0.25) is 0 Å². The Kier molecular flexibility index (Phi) is 5.40. The summed E-state index contributed by atoms with van der Waals surface area (Å²) in [5.41, 5.74) is -0.148. The third-order valence-corrected chi connectivity index (χ3v) is 5.94. The lowest BCUT2D eigenvalue weighted by atomic mass is 10.0. The zero-order chi connectivity index (χ0) is 15.5. The van der Waals surface area contributed by atoms with Gasteiger partial charge in [0.25, 0.3) is 5.91 Å². The molecule has 2 rings (SSSR count). The van der Waals surface area contributed by atoms with Crippen molar-refractivity contribution >= 4 is 28.0 Å². The molecule has 0 saturated carbocycles. The van der Waals surface area contributed by atoms with E-state index in [1.807, 2.05) is 5.38 Å². The number of carbonyl (C=O) groups excluding carboxylic acids is 1. The van der Waals surface area contributed by atoms with E-state index >= 15 is 0 Å². The molecule has 0 spiro atoms. The van der Waals surface area contributed by atoms with E-state index in [4.69, 9.17) is 4.74 Å². The zero-order valence-electron chi connectivity index (χ0n) is 12.7. The predicted octanol–water partition coefficient (Wildman–Crippen LogP) is 1.33. The summed E-state index contributed by atoms with van der Waals surface area (Å²) in [6.07, 6.45) is 0. The van der Waals surface area contributed by atoms with E-state index in [0.717, 1.165) is 24.6 Å². The molecule has 1 aromatic rings. The van der Waals surface area contributed by atoms with E-state index in [9.17, 15) is 9.00 Å². The molecule has 1 N–H and O–H groups in total. The van der Waals surface area contributed by atoms with Crippen molar-refractivity contribution in [3.05, 3.63) is 16.3 Å². The number of nitrogens with zero attached hydrogens (tertiary/aromatic N) is 1. The molecule has 118 valence electrons. The Bertz CT molecular complexity index is 518. The van der Waals surface area contributed by atoms with Crippen LogP contribution in [0.4, 0.5) is 0 Å². The Morgan fingerprint density at radius 3 is 2.76 bits per heavy atom. The topological polar surface area (TPSA) is 58.6 Å². The van der Waals surface area contributed by atoms with Crippen LogP contribution in [-0.2, 0) is 10.8 Å². The average molecular weight is 330 g/mol. The summed E-state index contributed by atoms with van der Waals surface area (Å²) in [6, 6.07) is 1.80. The lowest BCUT2D eigenvalue weighted by Gasteiger charge is -2.40. The van der Waals surface area contributed by atoms with Gasteiger partial charge in [-0.2, -0.15) is 0 Å². The van der Waals surface area contributed by atoms with Crippen molar-refractivity contribution in [1.82, 2.24) is 10.2 Å². The molecule has 0 aliphatic carbocycles. The Hall–Kier alpha value is -0.920. The molecule has 7 heteroatoms. The Labute approximate surface area is 132 Å². The molecule has 1 aliphatic rings. The van der Waals surface area contributed by atoms with Gasteiger partial charge in [-0.05, 0) is 25.3 Å². The molecule has 0 atom stereocenters. The first-order valence-electron chi connectivity index (χ1n) is 6.94. The molecule has 0 aromatic carbocycles. The fraction of sp³-hybridized carbons (Fsp3) is 0.643. The summed E-state index contributed by atoms with van der Waals surface area (Å²) in [5.74, 6) is 1.95. The van der Waals surface area contributed by atoms with Crippen molar-refractivity contribution in [2.24, 2.45) is 0 Å². The third-order valence-electron chi connectivity index (χ3n) is 3.77. The lowest BCUT2D eigenvalue weighted by Crippen LogP contribution is -2.55. The van der Waals surface area contributed by atoms with Gasteiger partial charge in [0.1, 0.15) is 10.6 Å². The summed E-state index contributed by atoms with van der Waals surface area (Å²) >= 11 is 1.38. The molecular formula is C14H22N2O3S2. The molecule has 2 heterocycles. The van der Waals surface area contributed by atoms with Crippen molar-refractivity contribution < 1.29 is 13.7 Å². The number of ether oxygens (including phenoxy) is 1. The molecule has 0 unspecified atom stereocenters. The van der Waals surface area contributed by atoms with Crippen LogP contribution in [0.3, 0.4) is 0 Å². The molecular weight excluding hydrogens is 308 g/mol. The highest BCUT2D eigenvalue weighted by molar-refractivity contribution is 7.85. The number of hydrogen-bond donors (Lipinski definition) is 1. The molecule has 21 heavy (non-hydrogen) atoms. The summed E-state index contributed by atoms with van der Waals surface area (Å²) in [7, 11) is 0.885. The second kappa shape index (κ2) is 6.89. The van der Waals surface area contributed by atoms with Crippen LogP contribution in [0.2, 0.25) is 0 Å². The highest BCUT2D eigenvalue weighted by Gasteiger charge is 2.30. The van der Waals surface area contributed by atoms with Gasteiger partial charge in [0.05, 0.1) is 7.11 Å². The molecule has 1 amide bonds. The van der Waals surface area contributed by atoms with Crippen molar-refractivity contribution in [1.29, 1.82) is 0 Å². The van der Waals surface area contributed by atoms with Gasteiger partial charge in [-0.15, -0.1) is 11.3 Å². The maximum absolute atomic E-state index is 12.2. The second-order valence-corrected chi connectivity index (χ2v) is 8.26. The van der Waals surface area contributed by atoms with E-state index in [2.05, 4.69) is 24.1 Å². The number of amides is 1. The van der Waals surface area contributed by atoms with Crippen molar-refractivity contribution in [3.63, 3.8) is 0 Å². The number of methoxy groups -OCH3 is 1. The van der Waals surface area contributed by atoms with Gasteiger partial charge in [0.15, 0.2) is 0 Å². The maximum atomic E-state index is 12.2. The van der Waals surface area contributed by atoms with Crippen LogP contribution in [-0.4, -0.2) is 58.8 Å². The molecule has 1 fully saturated rings. The van der Waals surface area contributed by atoms with Gasteiger partial charge < -0.3 is 10.1 Å². The highest BCUT2D eigenvalue weighted by Crippen LogP contribution is 2.24. The van der Waals surface area contributed by atoms with Crippen LogP contribution in [0.15, 0.2) is 11.4 Å². The number of thiophene rings is 1. The van der Waals surface area contributed by atoms with E-state index in [1.54, 1.807) is 13.2 Å². The highest BCUT2D eigenvalue weighted by atomic mass is 32.2. The van der Waals surface area contributed by atoms with Crippen LogP contribution in [0.1, 0.15) is 23.5 Å². The number of hydrogen-bond acceptors (Lipinski definition) is 5. The molecule has 0 radical (unpaired) electrons. The van der Waals surface area contributed by atoms with Gasteiger partial charge in [0, 0.05) is 47.5 Å². The second-order valence-electron chi connectivity index (χ2n) is 5.65. The van der Waals surface area contributed by atoms with Gasteiger partial charge in [-0.1, -0.05) is 0 Å². The third kappa shape index (κ3) is 4.05. The quantitative estimate of drug-likeness (QED) is 0.885. The molecule has 0 bridgehead atoms. The first-order valence-corrected chi connectivity index (χ1v) is 9.30. The maximum Gasteiger partial charge on any atom is 0.265 e. The Morgan fingerprint density at radius 1 is 1.48 bits per heavy atom. The fourth-order valence-corrected chi connectivity index (χ4v) is 4.18. The van der Waals surface area contributed by atoms with Crippen molar-refractivity contribution in [2.45, 2.75) is 19.4 Å². The van der Waals surface area contributed by atoms with Crippen LogP contribution in [0, 0.1) is 0 Å². The summed E-state index contributed by atoms with van der Waals surface area (Å²) in [4.78, 5) is 15.1. The van der Waals surface area contributed by atoms with Crippen molar-refractivity contribution in [3.8, 4) is 5.75 Å². The number of carbonyl (C=O) groups is 1. The Morgan fingerprint density at radius 2 is 2.14 bits per heavy atom. The number of rotatable bonds is 5. The average Bonchev–Trinajstić information content (AvgIpc) is 2.94. The minimum atomic E-state index is -0.681. The van der Waals surface area contributed by atoms with E-state index < -0.39 is 10.8 Å². The van der Waals surface area contributed by atoms with Gasteiger partial charge >= 0.3 is 0 Å². The normalized spacial score (nSPS) is 17.7. The van der Waals surface area contributed by atoms with Crippen LogP contribution < -0.4 is 10.1 Å². The summed E-state index contributed by atoms with van der Waals surface area (Å²) in [5, 5.41) is 4.83. The molecule has 1 aromatic heterocycles. The SMILES string of the molecule is COc1ccsc1C(=O)NCC(C)(C)N1CCS(=O)CC1. The largest absolute Gasteiger partial charge is 0.495 e.